The van der Waals surface area contributed by atoms with Gasteiger partial charge in [0.25, 0.3) is 0 Å². The van der Waals surface area contributed by atoms with E-state index >= 15 is 0 Å². The quantitative estimate of drug-likeness (QED) is 0.759. The first-order valence-corrected chi connectivity index (χ1v) is 7.75. The van der Waals surface area contributed by atoms with Gasteiger partial charge in [-0.15, -0.1) is 0 Å². The van der Waals surface area contributed by atoms with Gasteiger partial charge in [-0.1, -0.05) is 19.9 Å². The van der Waals surface area contributed by atoms with Gasteiger partial charge in [-0.05, 0) is 46.1 Å². The van der Waals surface area contributed by atoms with Gasteiger partial charge in [-0.3, -0.25) is 0 Å². The lowest BCUT2D eigenvalue weighted by Crippen LogP contribution is -2.24. The van der Waals surface area contributed by atoms with Gasteiger partial charge in [0.15, 0.2) is 0 Å². The number of hydrogen-bond acceptors (Lipinski definition) is 2. The molecule has 0 aromatic heterocycles. The number of rotatable bonds is 7. The zero-order valence-electron chi connectivity index (χ0n) is 12.6. The Kier molecular flexibility index (Phi) is 7.00. The molecular weight excluding hydrogens is 345 g/mol. The Morgan fingerprint density at radius 1 is 1.29 bits per heavy atom. The van der Waals surface area contributed by atoms with Crippen LogP contribution in [0.25, 0.3) is 0 Å². The molecule has 1 aromatic rings. The van der Waals surface area contributed by atoms with E-state index in [9.17, 15) is 13.2 Å². The topological polar surface area (TPSA) is 15.3 Å². The Morgan fingerprint density at radius 3 is 2.48 bits per heavy atom. The molecule has 21 heavy (non-hydrogen) atoms. The lowest BCUT2D eigenvalue weighted by molar-refractivity contribution is -0.132. The molecule has 0 aliphatic heterocycles. The summed E-state index contributed by atoms with van der Waals surface area (Å²) in [6.07, 6.45) is -4.94. The molecule has 0 atom stereocenters. The second-order valence-electron chi connectivity index (χ2n) is 5.60. The first-order valence-electron chi connectivity index (χ1n) is 6.96. The van der Waals surface area contributed by atoms with Crippen LogP contribution in [-0.2, 0) is 6.54 Å². The van der Waals surface area contributed by atoms with Crippen LogP contribution in [0.5, 0.6) is 0 Å². The van der Waals surface area contributed by atoms with Gasteiger partial charge in [0.05, 0.1) is 12.1 Å². The monoisotopic (exact) mass is 366 g/mol. The minimum atomic E-state index is -4.12. The van der Waals surface area contributed by atoms with Crippen molar-refractivity contribution in [3.8, 4) is 0 Å². The van der Waals surface area contributed by atoms with E-state index in [1.165, 1.54) is 0 Å². The first kappa shape index (κ1) is 18.3. The molecule has 1 rings (SSSR count). The third-order valence-electron chi connectivity index (χ3n) is 3.04. The second kappa shape index (κ2) is 8.03. The number of alkyl halides is 3. The average molecular weight is 367 g/mol. The van der Waals surface area contributed by atoms with Crippen LogP contribution in [0.2, 0.25) is 0 Å². The lowest BCUT2D eigenvalue weighted by Gasteiger charge is -2.22. The van der Waals surface area contributed by atoms with Crippen LogP contribution in [0.1, 0.15) is 25.8 Å². The van der Waals surface area contributed by atoms with E-state index in [1.807, 2.05) is 18.2 Å². The van der Waals surface area contributed by atoms with Crippen molar-refractivity contribution in [3.05, 3.63) is 28.2 Å². The first-order chi connectivity index (χ1) is 9.69. The highest BCUT2D eigenvalue weighted by Gasteiger charge is 2.27. The summed E-state index contributed by atoms with van der Waals surface area (Å²) >= 11 is 3.44. The average Bonchev–Trinajstić information content (AvgIpc) is 2.35. The van der Waals surface area contributed by atoms with E-state index < -0.39 is 12.6 Å². The highest BCUT2D eigenvalue weighted by atomic mass is 79.9. The van der Waals surface area contributed by atoms with Crippen LogP contribution in [0.4, 0.5) is 18.9 Å². The minimum absolute atomic E-state index is 0.0486. The molecule has 0 saturated heterocycles. The highest BCUT2D eigenvalue weighted by molar-refractivity contribution is 9.10. The second-order valence-corrected chi connectivity index (χ2v) is 6.45. The highest BCUT2D eigenvalue weighted by Crippen LogP contribution is 2.28. The molecule has 0 heterocycles. The largest absolute Gasteiger partial charge is 0.390 e. The number of anilines is 1. The zero-order chi connectivity index (χ0) is 16.0. The van der Waals surface area contributed by atoms with Crippen molar-refractivity contribution in [1.29, 1.82) is 0 Å². The summed E-state index contributed by atoms with van der Waals surface area (Å²) in [4.78, 5) is 1.61. The predicted molar refractivity (Wildman–Crippen MR) is 84.6 cm³/mol. The smallest absolute Gasteiger partial charge is 0.373 e. The summed E-state index contributed by atoms with van der Waals surface area (Å²) < 4.78 is 37.6. The van der Waals surface area contributed by atoms with Gasteiger partial charge in [-0.25, -0.2) is 0 Å². The van der Waals surface area contributed by atoms with Crippen molar-refractivity contribution >= 4 is 21.6 Å². The number of hydrogen-bond donors (Lipinski definition) is 1. The fraction of sp³-hybridized carbons (Fsp3) is 0.600. The van der Waals surface area contributed by atoms with E-state index in [0.29, 0.717) is 5.92 Å². The zero-order valence-corrected chi connectivity index (χ0v) is 14.2. The van der Waals surface area contributed by atoms with E-state index in [-0.39, 0.29) is 6.54 Å². The van der Waals surface area contributed by atoms with Gasteiger partial charge in [0.2, 0.25) is 0 Å². The summed E-state index contributed by atoms with van der Waals surface area (Å²) in [7, 11) is 1.67. The Hall–Kier alpha value is -0.750. The molecule has 0 radical (unpaired) electrons. The van der Waals surface area contributed by atoms with Gasteiger partial charge < -0.3 is 10.2 Å². The number of halogens is 4. The molecule has 0 saturated carbocycles. The minimum Gasteiger partial charge on any atom is -0.373 e. The lowest BCUT2D eigenvalue weighted by atomic mass is 10.1. The van der Waals surface area contributed by atoms with Crippen LogP contribution in [0.3, 0.4) is 0 Å². The van der Waals surface area contributed by atoms with E-state index in [1.54, 1.807) is 11.9 Å². The van der Waals surface area contributed by atoms with Crippen molar-refractivity contribution in [2.24, 2.45) is 5.92 Å². The normalized spacial score (nSPS) is 12.0. The maximum atomic E-state index is 12.3. The Bertz CT molecular complexity index is 447. The molecule has 2 nitrogen and oxygen atoms in total. The molecule has 0 fully saturated rings. The van der Waals surface area contributed by atoms with E-state index in [2.05, 4.69) is 35.1 Å². The van der Waals surface area contributed by atoms with Crippen LogP contribution in [-0.4, -0.2) is 26.3 Å². The summed E-state index contributed by atoms with van der Waals surface area (Å²) in [6.45, 7) is 5.92. The van der Waals surface area contributed by atoms with Gasteiger partial charge in [-0.2, -0.15) is 13.2 Å². The SMILES string of the molecule is CC(C)CNCc1ccc(N(C)CCC(F)(F)F)c(Br)c1. The Labute approximate surface area is 132 Å². The van der Waals surface area contributed by atoms with Gasteiger partial charge in [0.1, 0.15) is 0 Å². The van der Waals surface area contributed by atoms with Crippen LogP contribution in [0.15, 0.2) is 22.7 Å². The molecule has 6 heteroatoms. The molecule has 0 unspecified atom stereocenters. The summed E-state index contributed by atoms with van der Waals surface area (Å²) in [5.41, 5.74) is 1.88. The van der Waals surface area contributed by atoms with Crippen molar-refractivity contribution in [2.45, 2.75) is 33.0 Å². The van der Waals surface area contributed by atoms with Crippen LogP contribution < -0.4 is 10.2 Å². The molecule has 1 aromatic carbocycles. The van der Waals surface area contributed by atoms with Crippen molar-refractivity contribution < 1.29 is 13.2 Å². The standard InChI is InChI=1S/C15H22BrF3N2/c1-11(2)9-20-10-12-4-5-14(13(16)8-12)21(3)7-6-15(17,18)19/h4-5,8,11,20H,6-7,9-10H2,1-3H3. The number of nitrogens with one attached hydrogen (secondary N) is 1. The van der Waals surface area contributed by atoms with E-state index in [0.717, 1.165) is 28.8 Å². The molecule has 1 N–H and O–H groups in total. The van der Waals surface area contributed by atoms with Crippen LogP contribution >= 0.6 is 15.9 Å². The number of nitrogens with zero attached hydrogens (tertiary/aromatic N) is 1. The maximum Gasteiger partial charge on any atom is 0.390 e. The molecule has 0 aliphatic rings. The maximum absolute atomic E-state index is 12.3. The van der Waals surface area contributed by atoms with Crippen LogP contribution in [0, 0.1) is 5.92 Å². The molecule has 120 valence electrons. The molecule has 0 bridgehead atoms. The molecule has 0 aliphatic carbocycles. The van der Waals surface area contributed by atoms with Gasteiger partial charge >= 0.3 is 6.18 Å². The van der Waals surface area contributed by atoms with Crippen molar-refractivity contribution in [2.75, 3.05) is 25.0 Å². The summed E-state index contributed by atoms with van der Waals surface area (Å²) in [6, 6.07) is 5.75. The number of benzene rings is 1. The summed E-state index contributed by atoms with van der Waals surface area (Å²) in [5.74, 6) is 0.584. The third-order valence-corrected chi connectivity index (χ3v) is 3.67. The third kappa shape index (κ3) is 7.18. The molecule has 0 spiro atoms. The predicted octanol–water partition coefficient (Wildman–Crippen LogP) is 4.58. The van der Waals surface area contributed by atoms with Crippen molar-refractivity contribution in [3.63, 3.8) is 0 Å². The molecular formula is C15H22BrF3N2. The fourth-order valence-electron chi connectivity index (χ4n) is 1.89. The fourth-order valence-corrected chi connectivity index (χ4v) is 2.62. The summed E-state index contributed by atoms with van der Waals surface area (Å²) in [5, 5.41) is 3.34. The Balaban J connectivity index is 2.60. The molecule has 0 amide bonds. The van der Waals surface area contributed by atoms with Gasteiger partial charge in [0, 0.05) is 24.6 Å². The van der Waals surface area contributed by atoms with E-state index in [4.69, 9.17) is 0 Å². The Morgan fingerprint density at radius 2 is 1.95 bits per heavy atom. The van der Waals surface area contributed by atoms with Crippen molar-refractivity contribution in [1.82, 2.24) is 5.32 Å².